The van der Waals surface area contributed by atoms with Crippen LogP contribution in [0.5, 0.6) is 0 Å². The van der Waals surface area contributed by atoms with Crippen molar-refractivity contribution in [3.8, 4) is 6.07 Å². The summed E-state index contributed by atoms with van der Waals surface area (Å²) in [6, 6.07) is 7.74. The van der Waals surface area contributed by atoms with E-state index in [0.717, 1.165) is 16.7 Å². The Hall–Kier alpha value is -1.09. The second-order valence-electron chi connectivity index (χ2n) is 2.57. The van der Waals surface area contributed by atoms with E-state index >= 15 is 0 Å². The van der Waals surface area contributed by atoms with Gasteiger partial charge in [0.2, 0.25) is 0 Å². The second-order valence-corrected chi connectivity index (χ2v) is 3.49. The quantitative estimate of drug-likeness (QED) is 0.756. The van der Waals surface area contributed by atoms with Gasteiger partial charge in [-0.25, -0.2) is 4.98 Å². The standard InChI is InChI=1S/C9H5IN2O/c10-9-12-7-3-1-2-6(4-5-11)8(7)13-9/h1-3H,4H2. The third kappa shape index (κ3) is 1.52. The van der Waals surface area contributed by atoms with E-state index in [9.17, 15) is 0 Å². The number of benzene rings is 1. The summed E-state index contributed by atoms with van der Waals surface area (Å²) < 4.78 is 5.99. The number of aromatic nitrogens is 1. The molecule has 0 unspecified atom stereocenters. The number of hydrogen-bond acceptors (Lipinski definition) is 3. The van der Waals surface area contributed by atoms with E-state index in [1.165, 1.54) is 0 Å². The number of hydrogen-bond donors (Lipinski definition) is 0. The molecule has 0 saturated carbocycles. The van der Waals surface area contributed by atoms with Crippen molar-refractivity contribution in [3.63, 3.8) is 0 Å². The van der Waals surface area contributed by atoms with Crippen molar-refractivity contribution in [1.82, 2.24) is 4.98 Å². The fourth-order valence-corrected chi connectivity index (χ4v) is 1.68. The Morgan fingerprint density at radius 2 is 2.38 bits per heavy atom. The summed E-state index contributed by atoms with van der Waals surface area (Å²) in [5.74, 6) is 0. The molecule has 0 fully saturated rings. The molecular formula is C9H5IN2O. The topological polar surface area (TPSA) is 49.8 Å². The van der Waals surface area contributed by atoms with Gasteiger partial charge in [0.05, 0.1) is 12.5 Å². The Bertz CT molecular complexity index is 484. The van der Waals surface area contributed by atoms with Crippen molar-refractivity contribution >= 4 is 33.7 Å². The zero-order chi connectivity index (χ0) is 9.26. The highest BCUT2D eigenvalue weighted by molar-refractivity contribution is 14.1. The first kappa shape index (κ1) is 8.51. The van der Waals surface area contributed by atoms with Crippen LogP contribution in [0.3, 0.4) is 0 Å². The van der Waals surface area contributed by atoms with Crippen LogP contribution >= 0.6 is 22.6 Å². The molecule has 1 heterocycles. The van der Waals surface area contributed by atoms with E-state index < -0.39 is 0 Å². The Morgan fingerprint density at radius 1 is 1.54 bits per heavy atom. The largest absolute Gasteiger partial charge is 0.432 e. The van der Waals surface area contributed by atoms with Gasteiger partial charge in [-0.1, -0.05) is 12.1 Å². The highest BCUT2D eigenvalue weighted by atomic mass is 127. The molecule has 0 aliphatic carbocycles. The molecule has 0 radical (unpaired) electrons. The van der Waals surface area contributed by atoms with Crippen molar-refractivity contribution in [3.05, 3.63) is 27.7 Å². The van der Waals surface area contributed by atoms with E-state index in [1.807, 2.05) is 40.8 Å². The van der Waals surface area contributed by atoms with Crippen molar-refractivity contribution in [2.24, 2.45) is 0 Å². The molecule has 4 heteroatoms. The van der Waals surface area contributed by atoms with Gasteiger partial charge >= 0.3 is 0 Å². The van der Waals surface area contributed by atoms with Gasteiger partial charge in [0.15, 0.2) is 5.58 Å². The monoisotopic (exact) mass is 284 g/mol. The van der Waals surface area contributed by atoms with Crippen LogP contribution in [0.25, 0.3) is 11.1 Å². The molecule has 0 aliphatic rings. The van der Waals surface area contributed by atoms with E-state index in [4.69, 9.17) is 9.68 Å². The lowest BCUT2D eigenvalue weighted by molar-refractivity contribution is 0.564. The summed E-state index contributed by atoms with van der Waals surface area (Å²) in [7, 11) is 0. The zero-order valence-corrected chi connectivity index (χ0v) is 8.78. The number of fused-ring (bicyclic) bond motifs is 1. The normalized spacial score (nSPS) is 10.2. The molecule has 3 nitrogen and oxygen atoms in total. The molecule has 0 amide bonds. The van der Waals surface area contributed by atoms with Crippen molar-refractivity contribution in [2.45, 2.75) is 6.42 Å². The van der Waals surface area contributed by atoms with Gasteiger partial charge in [-0.2, -0.15) is 5.26 Å². The molecule has 0 N–H and O–H groups in total. The van der Waals surface area contributed by atoms with Gasteiger partial charge in [0.1, 0.15) is 5.52 Å². The zero-order valence-electron chi connectivity index (χ0n) is 6.62. The van der Waals surface area contributed by atoms with Gasteiger partial charge in [0, 0.05) is 28.2 Å². The van der Waals surface area contributed by atoms with Crippen LogP contribution in [-0.4, -0.2) is 4.98 Å². The molecule has 1 aromatic heterocycles. The molecule has 0 saturated heterocycles. The highest BCUT2D eigenvalue weighted by Crippen LogP contribution is 2.20. The van der Waals surface area contributed by atoms with E-state index in [-0.39, 0.29) is 0 Å². The van der Waals surface area contributed by atoms with Crippen LogP contribution in [0, 0.1) is 15.2 Å². The van der Waals surface area contributed by atoms with E-state index in [0.29, 0.717) is 10.3 Å². The molecular weight excluding hydrogens is 279 g/mol. The lowest BCUT2D eigenvalue weighted by atomic mass is 10.1. The average Bonchev–Trinajstić information content (AvgIpc) is 2.47. The van der Waals surface area contributed by atoms with Crippen LogP contribution in [0.2, 0.25) is 0 Å². The maximum atomic E-state index is 8.57. The van der Waals surface area contributed by atoms with Gasteiger partial charge < -0.3 is 4.42 Å². The first-order valence-corrected chi connectivity index (χ1v) is 4.80. The van der Waals surface area contributed by atoms with Crippen molar-refractivity contribution in [2.75, 3.05) is 0 Å². The van der Waals surface area contributed by atoms with Crippen LogP contribution in [0.15, 0.2) is 22.6 Å². The van der Waals surface area contributed by atoms with Gasteiger partial charge in [-0.3, -0.25) is 0 Å². The first-order chi connectivity index (χ1) is 6.31. The predicted octanol–water partition coefficient (Wildman–Crippen LogP) is 2.50. The molecule has 1 aromatic carbocycles. The van der Waals surface area contributed by atoms with Gasteiger partial charge in [-0.15, -0.1) is 0 Å². The summed E-state index contributed by atoms with van der Waals surface area (Å²) in [6.45, 7) is 0. The molecule has 2 rings (SSSR count). The van der Waals surface area contributed by atoms with E-state index in [1.54, 1.807) is 0 Å². The summed E-state index contributed by atoms with van der Waals surface area (Å²) in [5.41, 5.74) is 2.45. The molecule has 0 aliphatic heterocycles. The smallest absolute Gasteiger partial charge is 0.258 e. The fourth-order valence-electron chi connectivity index (χ4n) is 1.20. The lowest BCUT2D eigenvalue weighted by Crippen LogP contribution is -1.81. The van der Waals surface area contributed by atoms with Crippen molar-refractivity contribution < 1.29 is 4.42 Å². The third-order valence-corrected chi connectivity index (χ3v) is 2.20. The Balaban J connectivity index is 2.69. The molecule has 13 heavy (non-hydrogen) atoms. The SMILES string of the molecule is N#CCc1cccc2nc(I)oc12. The Kier molecular flexibility index (Phi) is 2.19. The number of halogens is 1. The van der Waals surface area contributed by atoms with Crippen LogP contribution in [-0.2, 0) is 6.42 Å². The van der Waals surface area contributed by atoms with Crippen LogP contribution in [0.1, 0.15) is 5.56 Å². The van der Waals surface area contributed by atoms with Crippen LogP contribution in [0.4, 0.5) is 0 Å². The fraction of sp³-hybridized carbons (Fsp3) is 0.111. The molecule has 0 atom stereocenters. The maximum Gasteiger partial charge on any atom is 0.258 e. The Morgan fingerprint density at radius 3 is 3.15 bits per heavy atom. The minimum absolute atomic E-state index is 0.364. The average molecular weight is 284 g/mol. The van der Waals surface area contributed by atoms with Crippen LogP contribution < -0.4 is 0 Å². The molecule has 64 valence electrons. The maximum absolute atomic E-state index is 8.57. The lowest BCUT2D eigenvalue weighted by Gasteiger charge is -1.92. The summed E-state index contributed by atoms with van der Waals surface area (Å²) in [5, 5.41) is 8.57. The molecule has 0 spiro atoms. The van der Waals surface area contributed by atoms with E-state index in [2.05, 4.69) is 11.1 Å². The number of oxazole rings is 1. The van der Waals surface area contributed by atoms with Gasteiger partial charge in [-0.05, 0) is 6.07 Å². The number of para-hydroxylation sites is 1. The number of nitrogens with zero attached hydrogens (tertiary/aromatic N) is 2. The van der Waals surface area contributed by atoms with Gasteiger partial charge in [0.25, 0.3) is 3.90 Å². The second kappa shape index (κ2) is 3.34. The molecule has 2 aromatic rings. The number of rotatable bonds is 1. The summed E-state index contributed by atoms with van der Waals surface area (Å²) >= 11 is 2.02. The minimum Gasteiger partial charge on any atom is -0.432 e. The summed E-state index contributed by atoms with van der Waals surface area (Å²) in [6.07, 6.45) is 0.364. The number of nitriles is 1. The first-order valence-electron chi connectivity index (χ1n) is 3.72. The Labute approximate surface area is 88.5 Å². The third-order valence-electron chi connectivity index (χ3n) is 1.74. The predicted molar refractivity (Wildman–Crippen MR) is 56.0 cm³/mol. The highest BCUT2D eigenvalue weighted by Gasteiger charge is 2.06. The van der Waals surface area contributed by atoms with Crippen molar-refractivity contribution in [1.29, 1.82) is 5.26 Å². The summed E-state index contributed by atoms with van der Waals surface area (Å²) in [4.78, 5) is 4.17. The minimum atomic E-state index is 0.364. The molecule has 0 bridgehead atoms.